The highest BCUT2D eigenvalue weighted by Gasteiger charge is 2.14. The van der Waals surface area contributed by atoms with Crippen molar-refractivity contribution in [2.75, 3.05) is 25.6 Å². The van der Waals surface area contributed by atoms with Crippen molar-refractivity contribution in [1.82, 2.24) is 14.9 Å². The average Bonchev–Trinajstić information content (AvgIpc) is 2.85. The maximum atomic E-state index is 12.4. The van der Waals surface area contributed by atoms with Gasteiger partial charge in [0.05, 0.1) is 19.0 Å². The molecule has 1 fully saturated rings. The lowest BCUT2D eigenvalue weighted by Gasteiger charge is -2.27. The van der Waals surface area contributed by atoms with E-state index in [9.17, 15) is 10.1 Å². The summed E-state index contributed by atoms with van der Waals surface area (Å²) < 4.78 is 5.54. The largest absolute Gasteiger partial charge is 0.496 e. The normalized spacial score (nSPS) is 14.2. The number of ether oxygens (including phenoxy) is 1. The maximum absolute atomic E-state index is 12.4. The van der Waals surface area contributed by atoms with E-state index in [4.69, 9.17) is 4.74 Å². The van der Waals surface area contributed by atoms with E-state index in [1.54, 1.807) is 25.5 Å². The number of nitrogens with one attached hydrogen (secondary N) is 2. The molecule has 1 aliphatic heterocycles. The number of nitriles is 1. The minimum Gasteiger partial charge on any atom is -0.496 e. The van der Waals surface area contributed by atoms with Gasteiger partial charge in [0.25, 0.3) is 5.56 Å². The molecule has 2 heterocycles. The summed E-state index contributed by atoms with van der Waals surface area (Å²) in [6.07, 6.45) is 5.42. The number of likely N-dealkylation sites (tertiary alicyclic amines) is 1. The van der Waals surface area contributed by atoms with Gasteiger partial charge in [0.15, 0.2) is 0 Å². The molecule has 33 heavy (non-hydrogen) atoms. The van der Waals surface area contributed by atoms with Crippen LogP contribution in [0.25, 0.3) is 11.3 Å². The third-order valence-electron chi connectivity index (χ3n) is 5.61. The highest BCUT2D eigenvalue weighted by Crippen LogP contribution is 2.23. The van der Waals surface area contributed by atoms with Gasteiger partial charge in [-0.1, -0.05) is 36.8 Å². The van der Waals surface area contributed by atoms with E-state index in [1.165, 1.54) is 19.3 Å². The van der Waals surface area contributed by atoms with Gasteiger partial charge in [0.2, 0.25) is 5.95 Å². The molecule has 168 valence electrons. The summed E-state index contributed by atoms with van der Waals surface area (Å²) in [7, 11) is 1.68. The van der Waals surface area contributed by atoms with E-state index in [1.807, 2.05) is 36.4 Å². The van der Waals surface area contributed by atoms with Crippen molar-refractivity contribution in [3.05, 3.63) is 75.6 Å². The fourth-order valence-electron chi connectivity index (χ4n) is 3.96. The minimum absolute atomic E-state index is 0.0340. The summed E-state index contributed by atoms with van der Waals surface area (Å²) in [6, 6.07) is 17.0. The van der Waals surface area contributed by atoms with Gasteiger partial charge in [-0.15, -0.1) is 0 Å². The molecule has 4 rings (SSSR count). The van der Waals surface area contributed by atoms with Crippen LogP contribution in [-0.2, 0) is 6.54 Å². The van der Waals surface area contributed by atoms with Crippen molar-refractivity contribution >= 4 is 12.2 Å². The molecule has 1 saturated heterocycles. The van der Waals surface area contributed by atoms with Crippen LogP contribution >= 0.6 is 0 Å². The molecule has 0 amide bonds. The van der Waals surface area contributed by atoms with Crippen molar-refractivity contribution in [2.45, 2.75) is 25.8 Å². The molecule has 0 radical (unpaired) electrons. The molecule has 0 atom stereocenters. The summed E-state index contributed by atoms with van der Waals surface area (Å²) in [5.41, 5.74) is 5.23. The highest BCUT2D eigenvalue weighted by molar-refractivity contribution is 5.81. The number of hydrazone groups is 1. The number of hydrogen-bond acceptors (Lipinski definition) is 7. The number of hydrogen-bond donors (Lipinski definition) is 2. The van der Waals surface area contributed by atoms with Crippen molar-refractivity contribution in [3.8, 4) is 23.1 Å². The van der Waals surface area contributed by atoms with Crippen LogP contribution in [0.15, 0.2) is 58.4 Å². The fourth-order valence-corrected chi connectivity index (χ4v) is 3.96. The summed E-state index contributed by atoms with van der Waals surface area (Å²) in [5, 5.41) is 13.6. The van der Waals surface area contributed by atoms with E-state index in [-0.39, 0.29) is 11.5 Å². The Labute approximate surface area is 192 Å². The maximum Gasteiger partial charge on any atom is 0.270 e. The molecule has 1 aliphatic rings. The number of aromatic amines is 1. The first-order chi connectivity index (χ1) is 16.2. The second kappa shape index (κ2) is 10.6. The van der Waals surface area contributed by atoms with E-state index < -0.39 is 5.56 Å². The zero-order valence-corrected chi connectivity index (χ0v) is 18.5. The number of benzene rings is 2. The van der Waals surface area contributed by atoms with Gasteiger partial charge in [-0.2, -0.15) is 10.4 Å². The molecular formula is C25H26N6O2. The molecule has 0 bridgehead atoms. The number of aromatic nitrogens is 2. The van der Waals surface area contributed by atoms with Crippen molar-refractivity contribution in [1.29, 1.82) is 5.26 Å². The Balaban J connectivity index is 1.53. The molecule has 2 N–H and O–H groups in total. The van der Waals surface area contributed by atoms with Crippen LogP contribution in [0.2, 0.25) is 0 Å². The predicted molar refractivity (Wildman–Crippen MR) is 128 cm³/mol. The van der Waals surface area contributed by atoms with Crippen molar-refractivity contribution in [2.24, 2.45) is 5.10 Å². The first kappa shape index (κ1) is 22.2. The Bertz CT molecular complexity index is 1220. The van der Waals surface area contributed by atoms with Gasteiger partial charge in [-0.25, -0.2) is 10.4 Å². The average molecular weight is 443 g/mol. The number of nitrogens with zero attached hydrogens (tertiary/aromatic N) is 4. The standard InChI is InChI=1S/C25H26N6O2/c1-33-22-11-10-18(14-20(22)17-31-12-6-3-7-13-31)16-27-30-25-28-23(19-8-4-2-5-9-19)21(15-26)24(32)29-25/h2,4-5,8-11,14,16H,3,6-7,12-13,17H2,1H3,(H2,28,29,30,32). The van der Waals surface area contributed by atoms with Crippen LogP contribution in [0.3, 0.4) is 0 Å². The Kier molecular flexibility index (Phi) is 7.12. The Hall–Kier alpha value is -3.96. The number of methoxy groups -OCH3 is 1. The van der Waals surface area contributed by atoms with Gasteiger partial charge in [0, 0.05) is 17.7 Å². The van der Waals surface area contributed by atoms with Gasteiger partial charge in [0.1, 0.15) is 17.4 Å². The quantitative estimate of drug-likeness (QED) is 0.426. The Morgan fingerprint density at radius 1 is 1.21 bits per heavy atom. The molecule has 8 nitrogen and oxygen atoms in total. The predicted octanol–water partition coefficient (Wildman–Crippen LogP) is 3.75. The van der Waals surface area contributed by atoms with Crippen LogP contribution in [0, 0.1) is 11.3 Å². The number of piperidine rings is 1. The lowest BCUT2D eigenvalue weighted by Crippen LogP contribution is -2.29. The van der Waals surface area contributed by atoms with E-state index in [2.05, 4.69) is 31.5 Å². The molecule has 0 spiro atoms. The summed E-state index contributed by atoms with van der Waals surface area (Å²) in [4.78, 5) is 21.8. The fraction of sp³-hybridized carbons (Fsp3) is 0.280. The van der Waals surface area contributed by atoms with Crippen LogP contribution in [-0.4, -0.2) is 41.3 Å². The van der Waals surface area contributed by atoms with Gasteiger partial charge >= 0.3 is 0 Å². The summed E-state index contributed by atoms with van der Waals surface area (Å²) in [6.45, 7) is 3.04. The number of H-pyrrole nitrogens is 1. The van der Waals surface area contributed by atoms with E-state index in [0.717, 1.165) is 36.5 Å². The van der Waals surface area contributed by atoms with E-state index >= 15 is 0 Å². The SMILES string of the molecule is COc1ccc(C=NNc2nc(-c3ccccc3)c(C#N)c(=O)[nH]2)cc1CN1CCCCC1. The molecule has 0 saturated carbocycles. The second-order valence-electron chi connectivity index (χ2n) is 7.89. The Morgan fingerprint density at radius 2 is 2.00 bits per heavy atom. The Morgan fingerprint density at radius 3 is 2.73 bits per heavy atom. The molecule has 0 unspecified atom stereocenters. The lowest BCUT2D eigenvalue weighted by molar-refractivity contribution is 0.218. The van der Waals surface area contributed by atoms with Crippen molar-refractivity contribution in [3.63, 3.8) is 0 Å². The molecule has 2 aromatic carbocycles. The van der Waals surface area contributed by atoms with Crippen LogP contribution in [0.5, 0.6) is 5.75 Å². The monoisotopic (exact) mass is 442 g/mol. The first-order valence-corrected chi connectivity index (χ1v) is 11.0. The lowest BCUT2D eigenvalue weighted by atomic mass is 10.1. The number of anilines is 1. The molecule has 1 aromatic heterocycles. The van der Waals surface area contributed by atoms with E-state index in [0.29, 0.717) is 11.3 Å². The van der Waals surface area contributed by atoms with Crippen molar-refractivity contribution < 1.29 is 4.74 Å². The third-order valence-corrected chi connectivity index (χ3v) is 5.61. The summed E-state index contributed by atoms with van der Waals surface area (Å²) in [5.74, 6) is 1.02. The van der Waals surface area contributed by atoms with Crippen LogP contribution in [0.4, 0.5) is 5.95 Å². The third kappa shape index (κ3) is 5.45. The molecule has 8 heteroatoms. The molecular weight excluding hydrogens is 416 g/mol. The highest BCUT2D eigenvalue weighted by atomic mass is 16.5. The van der Waals surface area contributed by atoms with Crippen LogP contribution < -0.4 is 15.7 Å². The van der Waals surface area contributed by atoms with Gasteiger partial charge < -0.3 is 4.74 Å². The smallest absolute Gasteiger partial charge is 0.270 e. The zero-order chi connectivity index (χ0) is 23.0. The molecule has 0 aliphatic carbocycles. The minimum atomic E-state index is -0.516. The zero-order valence-electron chi connectivity index (χ0n) is 18.5. The van der Waals surface area contributed by atoms with Crippen LogP contribution in [0.1, 0.15) is 36.0 Å². The topological polar surface area (TPSA) is 106 Å². The first-order valence-electron chi connectivity index (χ1n) is 11.0. The van der Waals surface area contributed by atoms with Gasteiger partial charge in [-0.3, -0.25) is 14.7 Å². The number of rotatable bonds is 7. The van der Waals surface area contributed by atoms with Gasteiger partial charge in [-0.05, 0) is 49.7 Å². The summed E-state index contributed by atoms with van der Waals surface area (Å²) >= 11 is 0. The second-order valence-corrected chi connectivity index (χ2v) is 7.89. The molecule has 3 aromatic rings.